The van der Waals surface area contributed by atoms with Crippen molar-refractivity contribution in [2.24, 2.45) is 129 Å². The van der Waals surface area contributed by atoms with E-state index in [-0.39, 0.29) is 172 Å². The van der Waals surface area contributed by atoms with Crippen LogP contribution in [0.5, 0.6) is 0 Å². The molecule has 7 aliphatic rings. The van der Waals surface area contributed by atoms with Gasteiger partial charge in [0.1, 0.15) is 12.5 Å². The van der Waals surface area contributed by atoms with Gasteiger partial charge < -0.3 is 48.9 Å². The lowest BCUT2D eigenvalue weighted by Crippen LogP contribution is -2.29. The van der Waals surface area contributed by atoms with E-state index in [1.807, 2.05) is 6.92 Å². The number of Topliss-reactive ketones (excluding diaryl/α,β-unsaturated/α-hetero) is 1. The van der Waals surface area contributed by atoms with E-state index < -0.39 is 0 Å². The number of aliphatic hydroxyl groups excluding tert-OH is 3. The van der Waals surface area contributed by atoms with Gasteiger partial charge in [0.15, 0.2) is 0 Å². The van der Waals surface area contributed by atoms with Crippen molar-refractivity contribution in [2.75, 3.05) is 39.6 Å². The van der Waals surface area contributed by atoms with Crippen LogP contribution in [0.4, 0.5) is 0 Å². The quantitative estimate of drug-likeness (QED) is 0.0651. The molecule has 82 heavy (non-hydrogen) atoms. The second-order valence-electron chi connectivity index (χ2n) is 31.9. The van der Waals surface area contributed by atoms with E-state index in [2.05, 4.69) is 210 Å². The maximum absolute atomic E-state index is 11.6. The van der Waals surface area contributed by atoms with Gasteiger partial charge in [0.2, 0.25) is 34.1 Å². The van der Waals surface area contributed by atoms with E-state index in [1.165, 1.54) is 0 Å². The average molecular weight is 1210 g/mol. The van der Waals surface area contributed by atoms with Crippen molar-refractivity contribution in [2.45, 2.75) is 208 Å². The molecule has 16 nitrogen and oxygen atoms in total. The third-order valence-corrected chi connectivity index (χ3v) is 24.7. The Kier molecular flexibility index (Phi) is 26.5. The predicted molar refractivity (Wildman–Crippen MR) is 334 cm³/mol. The van der Waals surface area contributed by atoms with Crippen LogP contribution in [0.1, 0.15) is 208 Å². The van der Waals surface area contributed by atoms with E-state index in [1.54, 1.807) is 6.92 Å². The molecule has 0 spiro atoms. The Hall–Kier alpha value is -2.73. The minimum Gasteiger partial charge on any atom is -0.395 e. The minimum atomic E-state index is -0.262. The zero-order valence-corrected chi connectivity index (χ0v) is 58.6. The Morgan fingerprint density at radius 2 is 0.585 bits per heavy atom. The summed E-state index contributed by atoms with van der Waals surface area (Å²) in [5.41, 5.74) is 11.7. The highest BCUT2D eigenvalue weighted by Gasteiger charge is 2.72. The number of hydrogen-bond acceptors (Lipinski definition) is 12. The van der Waals surface area contributed by atoms with Gasteiger partial charge >= 0.3 is 0 Å². The highest BCUT2D eigenvalue weighted by molar-refractivity contribution is 6.64. The first-order valence-corrected chi connectivity index (χ1v) is 30.0. The third kappa shape index (κ3) is 15.7. The molecule has 7 fully saturated rings. The smallest absolute Gasteiger partial charge is 0.225 e. The van der Waals surface area contributed by atoms with Gasteiger partial charge in [-0.2, -0.15) is 0 Å². The molecular formula is C64H122Cl2N6O10. The Balaban J connectivity index is 0. The van der Waals surface area contributed by atoms with E-state index in [0.717, 1.165) is 6.54 Å². The first-order valence-electron chi connectivity index (χ1n) is 29.3. The standard InChI is InChI=1S/C10H19NO2.C10H19NO.C9H17NO2.C9H16O.2C8H13ClO.C8H15NO.C2H7NO.H3N/c1-9(2)7(10(9,3)4)8(13)11-5-6-12;1-6-11-8(12)7-9(2,3)10(7,4)5;1-8(2)6(9(8,3)4)7(12)10-5-11;1-6(10)7-8(2,3)9(7,4)5;3*1-7(2)5(6(9)10)8(7,3)4;3-1-2-4;/h7,12H,5-6H2,1-4H3,(H,11,13);7H,6H2,1-5H3,(H,11,12);6,11H,5H2,1-4H3,(H,10,12);7H,1-5H3;2*5H,1-4H3;5H,1-4H3,(H2,9,10);4H,1-3H2;1H3. The molecular weight excluding hydrogens is 1080 g/mol. The summed E-state index contributed by atoms with van der Waals surface area (Å²) in [7, 11) is 0. The van der Waals surface area contributed by atoms with Gasteiger partial charge in [-0.1, -0.05) is 194 Å². The van der Waals surface area contributed by atoms with Gasteiger partial charge in [-0.25, -0.2) is 0 Å². The fourth-order valence-electron chi connectivity index (χ4n) is 13.9. The summed E-state index contributed by atoms with van der Waals surface area (Å²) in [6.07, 6.45) is 0. The van der Waals surface area contributed by atoms with Crippen molar-refractivity contribution in [1.82, 2.24) is 22.1 Å². The molecule has 0 atom stereocenters. The number of nitrogens with two attached hydrogens (primary N) is 2. The molecule has 7 rings (SSSR count). The van der Waals surface area contributed by atoms with Crippen LogP contribution in [-0.4, -0.2) is 94.8 Å². The van der Waals surface area contributed by atoms with Crippen LogP contribution in [0.25, 0.3) is 0 Å². The Morgan fingerprint density at radius 1 is 0.378 bits per heavy atom. The Bertz CT molecular complexity index is 1960. The molecule has 0 aromatic heterocycles. The fourth-order valence-corrected chi connectivity index (χ4v) is 15.0. The number of ketones is 1. The van der Waals surface area contributed by atoms with Crippen molar-refractivity contribution >= 4 is 63.1 Å². The average Bonchev–Trinajstić information content (AvgIpc) is 4.22. The highest BCUT2D eigenvalue weighted by atomic mass is 35.5. The molecule has 4 amide bonds. The summed E-state index contributed by atoms with van der Waals surface area (Å²) < 4.78 is 0. The van der Waals surface area contributed by atoms with E-state index in [0.29, 0.717) is 24.8 Å². The summed E-state index contributed by atoms with van der Waals surface area (Å²) in [6.45, 7) is 64.0. The number of aliphatic hydroxyl groups is 3. The number of carbonyl (C=O) groups excluding carboxylic acids is 7. The largest absolute Gasteiger partial charge is 0.395 e. The maximum atomic E-state index is 11.6. The van der Waals surface area contributed by atoms with Crippen LogP contribution >= 0.6 is 23.2 Å². The number of primary amides is 1. The van der Waals surface area contributed by atoms with E-state index >= 15 is 0 Å². The van der Waals surface area contributed by atoms with Crippen LogP contribution in [0.15, 0.2) is 0 Å². The highest BCUT2D eigenvalue weighted by Crippen LogP contribution is 2.72. The fraction of sp³-hybridized carbons (Fsp3) is 0.891. The van der Waals surface area contributed by atoms with Gasteiger partial charge in [-0.3, -0.25) is 33.6 Å². The molecule has 0 bridgehead atoms. The van der Waals surface area contributed by atoms with Gasteiger partial charge in [0.25, 0.3) is 0 Å². The second-order valence-corrected chi connectivity index (χ2v) is 32.6. The van der Waals surface area contributed by atoms with Gasteiger partial charge in [-0.05, 0) is 113 Å². The zero-order chi connectivity index (χ0) is 65.4. The van der Waals surface area contributed by atoms with E-state index in [4.69, 9.17) is 50.0 Å². The normalized spacial score (nSPS) is 25.2. The van der Waals surface area contributed by atoms with Crippen LogP contribution in [0.3, 0.4) is 0 Å². The van der Waals surface area contributed by atoms with Crippen LogP contribution in [0.2, 0.25) is 0 Å². The predicted octanol–water partition coefficient (Wildman–Crippen LogP) is 10.7. The summed E-state index contributed by atoms with van der Waals surface area (Å²) in [5.74, 6) is 1.24. The van der Waals surface area contributed by atoms with Crippen molar-refractivity contribution in [3.8, 4) is 0 Å². The molecule has 18 heteroatoms. The first-order chi connectivity index (χ1) is 35.7. The molecule has 0 aromatic carbocycles. The van der Waals surface area contributed by atoms with Crippen LogP contribution < -0.4 is 33.6 Å². The zero-order valence-electron chi connectivity index (χ0n) is 57.1. The minimum absolute atomic E-state index is 0. The number of carbonyl (C=O) groups is 7. The lowest BCUT2D eigenvalue weighted by Gasteiger charge is -2.03. The van der Waals surface area contributed by atoms with E-state index in [9.17, 15) is 33.6 Å². The van der Waals surface area contributed by atoms with Gasteiger partial charge in [-0.15, -0.1) is 0 Å². The third-order valence-electron chi connectivity index (χ3n) is 24.2. The van der Waals surface area contributed by atoms with Crippen molar-refractivity contribution in [3.05, 3.63) is 0 Å². The summed E-state index contributed by atoms with van der Waals surface area (Å²) in [4.78, 5) is 77.9. The molecule has 0 aromatic rings. The number of halogens is 2. The summed E-state index contributed by atoms with van der Waals surface area (Å²) in [6, 6.07) is 0. The number of amides is 4. The molecule has 7 aliphatic carbocycles. The SMILES string of the molecule is CC(=O)C1C(C)(C)C1(C)C.CC1(C)C(C(=O)Cl)C1(C)C.CC1(C)C(C(=O)Cl)C1(C)C.CC1(C)C(C(=O)NCCO)C1(C)C.CC1(C)C(C(=O)NCO)C1(C)C.CC1(C)C(C(N)=O)C1(C)C.CCNC(=O)C1C(C)(C)C1(C)C.N.NCCO. The number of nitrogens with one attached hydrogen (secondary N) is 3. The molecule has 13 N–H and O–H groups in total. The molecule has 0 heterocycles. The lowest BCUT2D eigenvalue weighted by molar-refractivity contribution is -0.125. The molecule has 7 saturated carbocycles. The second kappa shape index (κ2) is 26.7. The monoisotopic (exact) mass is 1200 g/mol. The molecule has 0 radical (unpaired) electrons. The molecule has 0 saturated heterocycles. The summed E-state index contributed by atoms with van der Waals surface area (Å²) >= 11 is 10.8. The number of hydrogen-bond donors (Lipinski definition) is 9. The first kappa shape index (κ1) is 81.3. The Morgan fingerprint density at radius 3 is 0.683 bits per heavy atom. The van der Waals surface area contributed by atoms with Crippen molar-refractivity contribution < 1.29 is 48.9 Å². The van der Waals surface area contributed by atoms with Crippen LogP contribution in [-0.2, 0) is 33.6 Å². The van der Waals surface area contributed by atoms with Crippen LogP contribution in [0, 0.1) is 117 Å². The topological polar surface area (TPSA) is 303 Å². The molecule has 0 unspecified atom stereocenters. The number of rotatable bonds is 12. The molecule has 0 aliphatic heterocycles. The lowest BCUT2D eigenvalue weighted by atomic mass is 10.0. The Labute approximate surface area is 507 Å². The van der Waals surface area contributed by atoms with Crippen molar-refractivity contribution in [3.63, 3.8) is 0 Å². The van der Waals surface area contributed by atoms with Gasteiger partial charge in [0, 0.05) is 61.1 Å². The summed E-state index contributed by atoms with van der Waals surface area (Å²) in [5, 5.41) is 32.5. The molecule has 482 valence electrons. The van der Waals surface area contributed by atoms with Crippen molar-refractivity contribution in [1.29, 1.82) is 0 Å². The maximum Gasteiger partial charge on any atom is 0.225 e. The van der Waals surface area contributed by atoms with Gasteiger partial charge in [0.05, 0.1) is 13.2 Å².